The van der Waals surface area contributed by atoms with Crippen molar-refractivity contribution in [2.45, 2.75) is 31.2 Å². The molecule has 2 aromatic heterocycles. The number of aliphatic hydroxyl groups is 1. The van der Waals surface area contributed by atoms with Gasteiger partial charge in [0.25, 0.3) is 0 Å². The van der Waals surface area contributed by atoms with Gasteiger partial charge < -0.3 is 10.4 Å². The summed E-state index contributed by atoms with van der Waals surface area (Å²) in [4.78, 5) is 16.5. The second-order valence-electron chi connectivity index (χ2n) is 5.17. The lowest BCUT2D eigenvalue weighted by Crippen LogP contribution is -2.56. The Morgan fingerprint density at radius 3 is 2.90 bits per heavy atom. The van der Waals surface area contributed by atoms with Crippen LogP contribution in [0.15, 0.2) is 22.2 Å². The van der Waals surface area contributed by atoms with E-state index in [0.717, 1.165) is 35.5 Å². The molecule has 0 saturated heterocycles. The van der Waals surface area contributed by atoms with E-state index in [1.807, 2.05) is 16.8 Å². The zero-order valence-electron chi connectivity index (χ0n) is 11.0. The third-order valence-corrected chi connectivity index (χ3v) is 5.30. The van der Waals surface area contributed by atoms with Crippen molar-refractivity contribution in [3.8, 4) is 10.6 Å². The monoisotopic (exact) mass is 308 g/mol. The number of rotatable bonds is 5. The largest absolute Gasteiger partial charge is 0.394 e. The number of thiazole rings is 1. The smallest absolute Gasteiger partial charge is 0.226 e. The van der Waals surface area contributed by atoms with Crippen LogP contribution in [0.25, 0.3) is 10.6 Å². The van der Waals surface area contributed by atoms with Gasteiger partial charge in [-0.05, 0) is 30.7 Å². The van der Waals surface area contributed by atoms with Gasteiger partial charge in [-0.3, -0.25) is 4.79 Å². The summed E-state index contributed by atoms with van der Waals surface area (Å²) in [7, 11) is 0. The molecule has 1 aliphatic carbocycles. The molecule has 3 rings (SSSR count). The van der Waals surface area contributed by atoms with Crippen LogP contribution in [0, 0.1) is 0 Å². The lowest BCUT2D eigenvalue weighted by atomic mass is 9.77. The Labute approximate surface area is 125 Å². The van der Waals surface area contributed by atoms with E-state index in [1.54, 1.807) is 22.7 Å². The van der Waals surface area contributed by atoms with Gasteiger partial charge in [-0.25, -0.2) is 4.98 Å². The van der Waals surface area contributed by atoms with Crippen molar-refractivity contribution < 1.29 is 9.90 Å². The maximum Gasteiger partial charge on any atom is 0.226 e. The number of hydrogen-bond donors (Lipinski definition) is 2. The molecule has 4 nitrogen and oxygen atoms in total. The fraction of sp³-hybridized carbons (Fsp3) is 0.429. The standard InChI is InChI=1S/C14H16N2O2S2/c17-9-14(3-1-4-14)16-12(18)6-11-8-20-13(15-11)10-2-5-19-7-10/h2,5,7-8,17H,1,3-4,6,9H2,(H,16,18). The number of aromatic nitrogens is 1. The van der Waals surface area contributed by atoms with Crippen LogP contribution >= 0.6 is 22.7 Å². The second-order valence-corrected chi connectivity index (χ2v) is 6.81. The Balaban J connectivity index is 1.62. The van der Waals surface area contributed by atoms with Crippen molar-refractivity contribution in [3.63, 3.8) is 0 Å². The first-order valence-corrected chi connectivity index (χ1v) is 8.42. The van der Waals surface area contributed by atoms with E-state index in [-0.39, 0.29) is 24.5 Å². The number of carbonyl (C=O) groups is 1. The highest BCUT2D eigenvalue weighted by Gasteiger charge is 2.37. The normalized spacial score (nSPS) is 16.6. The van der Waals surface area contributed by atoms with Gasteiger partial charge in [0.1, 0.15) is 5.01 Å². The molecular weight excluding hydrogens is 292 g/mol. The maximum atomic E-state index is 12.0. The highest BCUT2D eigenvalue weighted by molar-refractivity contribution is 7.14. The Hall–Kier alpha value is -1.24. The Kier molecular flexibility index (Phi) is 3.87. The second kappa shape index (κ2) is 5.63. The van der Waals surface area contributed by atoms with E-state index in [9.17, 15) is 9.90 Å². The summed E-state index contributed by atoms with van der Waals surface area (Å²) in [5, 5.41) is 19.3. The van der Waals surface area contributed by atoms with Crippen molar-refractivity contribution in [1.82, 2.24) is 10.3 Å². The van der Waals surface area contributed by atoms with Gasteiger partial charge in [0.2, 0.25) is 5.91 Å². The van der Waals surface area contributed by atoms with Crippen LogP contribution in [0.5, 0.6) is 0 Å². The lowest BCUT2D eigenvalue weighted by molar-refractivity contribution is -0.124. The van der Waals surface area contributed by atoms with Gasteiger partial charge in [-0.15, -0.1) is 11.3 Å². The first kappa shape index (κ1) is 13.7. The highest BCUT2D eigenvalue weighted by Crippen LogP contribution is 2.31. The molecule has 2 heterocycles. The Morgan fingerprint density at radius 1 is 1.45 bits per heavy atom. The van der Waals surface area contributed by atoms with Crippen LogP contribution in [-0.2, 0) is 11.2 Å². The molecular formula is C14H16N2O2S2. The van der Waals surface area contributed by atoms with Crippen molar-refractivity contribution >= 4 is 28.6 Å². The number of amides is 1. The van der Waals surface area contributed by atoms with Crippen molar-refractivity contribution in [1.29, 1.82) is 0 Å². The van der Waals surface area contributed by atoms with Gasteiger partial charge >= 0.3 is 0 Å². The molecule has 0 unspecified atom stereocenters. The minimum absolute atomic E-state index is 0.0238. The predicted octanol–water partition coefficient (Wildman–Crippen LogP) is 2.45. The molecule has 0 atom stereocenters. The minimum atomic E-state index is -0.372. The fourth-order valence-corrected chi connectivity index (χ4v) is 3.87. The van der Waals surface area contributed by atoms with E-state index in [2.05, 4.69) is 15.7 Å². The summed E-state index contributed by atoms with van der Waals surface area (Å²) >= 11 is 3.20. The molecule has 20 heavy (non-hydrogen) atoms. The Morgan fingerprint density at radius 2 is 2.30 bits per heavy atom. The summed E-state index contributed by atoms with van der Waals surface area (Å²) in [5.41, 5.74) is 1.53. The number of hydrogen-bond acceptors (Lipinski definition) is 5. The molecule has 0 spiro atoms. The van der Waals surface area contributed by atoms with Crippen molar-refractivity contribution in [2.75, 3.05) is 6.61 Å². The van der Waals surface area contributed by atoms with Crippen LogP contribution in [-0.4, -0.2) is 28.1 Å². The molecule has 1 saturated carbocycles. The Bertz CT molecular complexity index is 583. The average molecular weight is 308 g/mol. The quantitative estimate of drug-likeness (QED) is 0.892. The minimum Gasteiger partial charge on any atom is -0.394 e. The van der Waals surface area contributed by atoms with Gasteiger partial charge in [-0.1, -0.05) is 0 Å². The van der Waals surface area contributed by atoms with E-state index >= 15 is 0 Å². The van der Waals surface area contributed by atoms with E-state index < -0.39 is 0 Å². The van der Waals surface area contributed by atoms with E-state index in [4.69, 9.17) is 0 Å². The van der Waals surface area contributed by atoms with E-state index in [0.29, 0.717) is 0 Å². The molecule has 2 N–H and O–H groups in total. The number of nitrogens with one attached hydrogen (secondary N) is 1. The third-order valence-electron chi connectivity index (χ3n) is 3.68. The first-order valence-electron chi connectivity index (χ1n) is 6.60. The van der Waals surface area contributed by atoms with Crippen LogP contribution < -0.4 is 5.32 Å². The molecule has 6 heteroatoms. The van der Waals surface area contributed by atoms with Crippen LogP contribution in [0.2, 0.25) is 0 Å². The molecule has 2 aromatic rings. The van der Waals surface area contributed by atoms with Crippen molar-refractivity contribution in [3.05, 3.63) is 27.9 Å². The van der Waals surface area contributed by atoms with Crippen LogP contribution in [0.1, 0.15) is 25.0 Å². The summed E-state index contributed by atoms with van der Waals surface area (Å²) in [6.07, 6.45) is 3.08. The zero-order chi connectivity index (χ0) is 14.0. The molecule has 1 aliphatic rings. The van der Waals surface area contributed by atoms with Crippen LogP contribution in [0.3, 0.4) is 0 Å². The summed E-state index contributed by atoms with van der Waals surface area (Å²) in [6, 6.07) is 2.03. The van der Waals surface area contributed by atoms with Gasteiger partial charge in [-0.2, -0.15) is 11.3 Å². The summed E-state index contributed by atoms with van der Waals surface area (Å²) in [5.74, 6) is -0.0547. The number of thiophene rings is 1. The molecule has 106 valence electrons. The topological polar surface area (TPSA) is 62.2 Å². The number of carbonyl (C=O) groups excluding carboxylic acids is 1. The molecule has 1 amide bonds. The summed E-state index contributed by atoms with van der Waals surface area (Å²) < 4.78 is 0. The maximum absolute atomic E-state index is 12.0. The predicted molar refractivity (Wildman–Crippen MR) is 80.9 cm³/mol. The first-order chi connectivity index (χ1) is 9.71. The van der Waals surface area contributed by atoms with Crippen molar-refractivity contribution in [2.24, 2.45) is 0 Å². The highest BCUT2D eigenvalue weighted by atomic mass is 32.1. The number of aliphatic hydroxyl groups excluding tert-OH is 1. The van der Waals surface area contributed by atoms with Crippen LogP contribution in [0.4, 0.5) is 0 Å². The SMILES string of the molecule is O=C(Cc1csc(-c2ccsc2)n1)NC1(CO)CCC1. The molecule has 0 bridgehead atoms. The lowest BCUT2D eigenvalue weighted by Gasteiger charge is -2.40. The fourth-order valence-electron chi connectivity index (χ4n) is 2.34. The third kappa shape index (κ3) is 2.77. The molecule has 0 radical (unpaired) electrons. The van der Waals surface area contributed by atoms with Gasteiger partial charge in [0.15, 0.2) is 0 Å². The molecule has 0 aliphatic heterocycles. The molecule has 1 fully saturated rings. The van der Waals surface area contributed by atoms with E-state index in [1.165, 1.54) is 0 Å². The van der Waals surface area contributed by atoms with Gasteiger partial charge in [0, 0.05) is 16.3 Å². The zero-order valence-corrected chi connectivity index (χ0v) is 12.6. The molecule has 0 aromatic carbocycles. The average Bonchev–Trinajstić information content (AvgIpc) is 3.03. The number of nitrogens with zero attached hydrogens (tertiary/aromatic N) is 1. The van der Waals surface area contributed by atoms with Gasteiger partial charge in [0.05, 0.1) is 24.3 Å². The summed E-state index contributed by atoms with van der Waals surface area (Å²) in [6.45, 7) is 0.0238.